The predicted octanol–water partition coefficient (Wildman–Crippen LogP) is 3.03. The summed E-state index contributed by atoms with van der Waals surface area (Å²) in [5.41, 5.74) is 0.607. The van der Waals surface area contributed by atoms with Crippen LogP contribution in [0.1, 0.15) is 22.2 Å². The normalized spacial score (nSPS) is 11.8. The highest BCUT2D eigenvalue weighted by atomic mass is 79.9. The number of likely N-dealkylation sites (N-methyl/N-ethyl adjacent to an activating group) is 1. The zero-order chi connectivity index (χ0) is 15.4. The summed E-state index contributed by atoms with van der Waals surface area (Å²) in [6.07, 6.45) is -1.00. The molecule has 0 aliphatic heterocycles. The van der Waals surface area contributed by atoms with Crippen LogP contribution in [0.2, 0.25) is 0 Å². The average Bonchev–Trinajstić information content (AvgIpc) is 2.91. The standard InChI is InChI=1S/C15H14BrNO4/c1-17(2)14(18)13(10-6-4-3-5-7-10)21-15(19)11-8-9-12(16)20-11/h3-9,13H,1-2H3/t13-/m0/s1. The van der Waals surface area contributed by atoms with E-state index < -0.39 is 12.1 Å². The zero-order valence-corrected chi connectivity index (χ0v) is 13.2. The van der Waals surface area contributed by atoms with E-state index in [1.165, 1.54) is 11.0 Å². The Balaban J connectivity index is 2.24. The minimum atomic E-state index is -1.00. The molecule has 21 heavy (non-hydrogen) atoms. The first-order valence-corrected chi connectivity index (χ1v) is 7.01. The number of carbonyl (C=O) groups is 2. The Labute approximate surface area is 130 Å². The van der Waals surface area contributed by atoms with Gasteiger partial charge >= 0.3 is 5.97 Å². The van der Waals surface area contributed by atoms with Crippen LogP contribution in [0.4, 0.5) is 0 Å². The van der Waals surface area contributed by atoms with Gasteiger partial charge in [-0.2, -0.15) is 0 Å². The van der Waals surface area contributed by atoms with Crippen molar-refractivity contribution >= 4 is 27.8 Å². The van der Waals surface area contributed by atoms with Gasteiger partial charge in [-0.05, 0) is 28.1 Å². The van der Waals surface area contributed by atoms with Crippen LogP contribution in [0, 0.1) is 0 Å². The lowest BCUT2D eigenvalue weighted by Crippen LogP contribution is -2.31. The lowest BCUT2D eigenvalue weighted by Gasteiger charge is -2.20. The molecule has 0 N–H and O–H groups in total. The summed E-state index contributed by atoms with van der Waals surface area (Å²) in [6.45, 7) is 0. The number of benzene rings is 1. The number of esters is 1. The monoisotopic (exact) mass is 351 g/mol. The van der Waals surface area contributed by atoms with Gasteiger partial charge in [-0.25, -0.2) is 4.79 Å². The fraction of sp³-hybridized carbons (Fsp3) is 0.200. The topological polar surface area (TPSA) is 59.8 Å². The summed E-state index contributed by atoms with van der Waals surface area (Å²) in [5, 5.41) is 0. The fourth-order valence-corrected chi connectivity index (χ4v) is 2.02. The number of carbonyl (C=O) groups excluding carboxylic acids is 2. The molecule has 1 atom stereocenters. The van der Waals surface area contributed by atoms with Crippen LogP contribution in [0.25, 0.3) is 0 Å². The molecule has 110 valence electrons. The number of nitrogens with zero attached hydrogens (tertiary/aromatic N) is 1. The highest BCUT2D eigenvalue weighted by molar-refractivity contribution is 9.10. The van der Waals surface area contributed by atoms with Crippen LogP contribution in [0.3, 0.4) is 0 Å². The van der Waals surface area contributed by atoms with Gasteiger partial charge in [0.05, 0.1) is 0 Å². The van der Waals surface area contributed by atoms with E-state index in [9.17, 15) is 9.59 Å². The maximum atomic E-state index is 12.2. The van der Waals surface area contributed by atoms with Gasteiger partial charge in [-0.3, -0.25) is 4.79 Å². The lowest BCUT2D eigenvalue weighted by atomic mass is 10.1. The molecule has 1 heterocycles. The molecule has 6 heteroatoms. The highest BCUT2D eigenvalue weighted by Crippen LogP contribution is 2.22. The number of ether oxygens (including phenoxy) is 1. The molecule has 0 bridgehead atoms. The maximum Gasteiger partial charge on any atom is 0.375 e. The molecule has 0 unspecified atom stereocenters. The third-order valence-electron chi connectivity index (χ3n) is 2.77. The summed E-state index contributed by atoms with van der Waals surface area (Å²) < 4.78 is 10.9. The Morgan fingerprint density at radius 3 is 2.33 bits per heavy atom. The largest absolute Gasteiger partial charge is 0.442 e. The van der Waals surface area contributed by atoms with E-state index in [4.69, 9.17) is 9.15 Å². The Hall–Kier alpha value is -2.08. The van der Waals surface area contributed by atoms with E-state index in [1.807, 2.05) is 6.07 Å². The van der Waals surface area contributed by atoms with Gasteiger partial charge in [0, 0.05) is 19.7 Å². The molecule has 0 spiro atoms. The molecule has 2 aromatic rings. The van der Waals surface area contributed by atoms with Crippen molar-refractivity contribution in [1.29, 1.82) is 0 Å². The quantitative estimate of drug-likeness (QED) is 0.794. The van der Waals surface area contributed by atoms with Crippen LogP contribution in [-0.2, 0) is 9.53 Å². The van der Waals surface area contributed by atoms with E-state index >= 15 is 0 Å². The van der Waals surface area contributed by atoms with Gasteiger partial charge in [0.2, 0.25) is 11.9 Å². The highest BCUT2D eigenvalue weighted by Gasteiger charge is 2.28. The molecule has 0 fully saturated rings. The third-order valence-corrected chi connectivity index (χ3v) is 3.19. The van der Waals surface area contributed by atoms with Gasteiger partial charge in [0.15, 0.2) is 4.67 Å². The second-order valence-electron chi connectivity index (χ2n) is 4.53. The zero-order valence-electron chi connectivity index (χ0n) is 11.6. The van der Waals surface area contributed by atoms with E-state index in [0.29, 0.717) is 10.2 Å². The summed E-state index contributed by atoms with van der Waals surface area (Å²) in [6, 6.07) is 11.9. The van der Waals surface area contributed by atoms with Crippen molar-refractivity contribution in [2.24, 2.45) is 0 Å². The van der Waals surface area contributed by atoms with E-state index in [1.54, 1.807) is 44.4 Å². The number of hydrogen-bond acceptors (Lipinski definition) is 4. The van der Waals surface area contributed by atoms with Crippen molar-refractivity contribution in [3.05, 3.63) is 58.5 Å². The number of amides is 1. The van der Waals surface area contributed by atoms with Crippen LogP contribution >= 0.6 is 15.9 Å². The minimum absolute atomic E-state index is 0.0364. The fourth-order valence-electron chi connectivity index (χ4n) is 1.71. The number of rotatable bonds is 4. The molecule has 2 rings (SSSR count). The molecule has 5 nitrogen and oxygen atoms in total. The van der Waals surface area contributed by atoms with Crippen LogP contribution in [0.5, 0.6) is 0 Å². The Morgan fingerprint density at radius 2 is 1.81 bits per heavy atom. The van der Waals surface area contributed by atoms with Gasteiger partial charge in [0.1, 0.15) is 0 Å². The van der Waals surface area contributed by atoms with Gasteiger partial charge in [-0.15, -0.1) is 0 Å². The van der Waals surface area contributed by atoms with E-state index in [-0.39, 0.29) is 11.7 Å². The van der Waals surface area contributed by atoms with Crippen LogP contribution in [0.15, 0.2) is 51.6 Å². The van der Waals surface area contributed by atoms with Crippen molar-refractivity contribution in [2.45, 2.75) is 6.10 Å². The second kappa shape index (κ2) is 6.58. The van der Waals surface area contributed by atoms with Crippen molar-refractivity contribution in [2.75, 3.05) is 14.1 Å². The molecule has 0 aliphatic carbocycles. The molecule has 0 radical (unpaired) electrons. The van der Waals surface area contributed by atoms with Gasteiger partial charge in [-0.1, -0.05) is 30.3 Å². The molecule has 1 amide bonds. The summed E-state index contributed by atoms with van der Waals surface area (Å²) in [7, 11) is 3.21. The first-order valence-electron chi connectivity index (χ1n) is 6.21. The lowest BCUT2D eigenvalue weighted by molar-refractivity contribution is -0.138. The molecule has 1 aromatic heterocycles. The number of hydrogen-bond donors (Lipinski definition) is 0. The van der Waals surface area contributed by atoms with Crippen LogP contribution in [-0.4, -0.2) is 30.9 Å². The van der Waals surface area contributed by atoms with Crippen molar-refractivity contribution in [1.82, 2.24) is 4.90 Å². The van der Waals surface area contributed by atoms with Crippen molar-refractivity contribution in [3.63, 3.8) is 0 Å². The minimum Gasteiger partial charge on any atom is -0.442 e. The number of halogens is 1. The Morgan fingerprint density at radius 1 is 1.14 bits per heavy atom. The van der Waals surface area contributed by atoms with Crippen LogP contribution < -0.4 is 0 Å². The van der Waals surface area contributed by atoms with E-state index in [0.717, 1.165) is 0 Å². The van der Waals surface area contributed by atoms with Crippen molar-refractivity contribution in [3.8, 4) is 0 Å². The molecule has 0 aliphatic rings. The molecular weight excluding hydrogens is 338 g/mol. The molecule has 0 saturated carbocycles. The van der Waals surface area contributed by atoms with E-state index in [2.05, 4.69) is 15.9 Å². The summed E-state index contributed by atoms with van der Waals surface area (Å²) in [5.74, 6) is -0.973. The summed E-state index contributed by atoms with van der Waals surface area (Å²) in [4.78, 5) is 25.7. The maximum absolute atomic E-state index is 12.2. The average molecular weight is 352 g/mol. The predicted molar refractivity (Wildman–Crippen MR) is 79.7 cm³/mol. The second-order valence-corrected chi connectivity index (χ2v) is 5.31. The van der Waals surface area contributed by atoms with Crippen molar-refractivity contribution < 1.29 is 18.7 Å². The smallest absolute Gasteiger partial charge is 0.375 e. The molecule has 0 saturated heterocycles. The van der Waals surface area contributed by atoms with Gasteiger partial charge in [0.25, 0.3) is 5.91 Å². The molecular formula is C15H14BrNO4. The first-order chi connectivity index (χ1) is 9.99. The Bertz CT molecular complexity index is 636. The first kappa shape index (κ1) is 15.3. The SMILES string of the molecule is CN(C)C(=O)[C@@H](OC(=O)c1ccc(Br)o1)c1ccccc1. The summed E-state index contributed by atoms with van der Waals surface area (Å²) >= 11 is 3.11. The number of furan rings is 1. The molecule has 1 aromatic carbocycles. The Kier molecular flexibility index (Phi) is 4.80. The van der Waals surface area contributed by atoms with Gasteiger partial charge < -0.3 is 14.1 Å². The third kappa shape index (κ3) is 3.72.